The van der Waals surface area contributed by atoms with Crippen LogP contribution < -0.4 is 0 Å². The highest BCUT2D eigenvalue weighted by molar-refractivity contribution is 6.09. The second kappa shape index (κ2) is 4.73. The highest BCUT2D eigenvalue weighted by atomic mass is 16.5. The molecule has 0 heterocycles. The maximum atomic E-state index is 11.9. The largest absolute Gasteiger partial charge is 0.468 e. The molecule has 0 amide bonds. The Morgan fingerprint density at radius 1 is 1.27 bits per heavy atom. The molecule has 0 spiro atoms. The molecule has 0 N–H and O–H groups in total. The monoisotopic (exact) mass is 206 g/mol. The lowest BCUT2D eigenvalue weighted by Gasteiger charge is -2.09. The van der Waals surface area contributed by atoms with Gasteiger partial charge in [0.2, 0.25) is 0 Å². The minimum atomic E-state index is -0.740. The van der Waals surface area contributed by atoms with Crippen LogP contribution >= 0.6 is 0 Å². The topological polar surface area (TPSA) is 43.4 Å². The number of carbonyl (C=O) groups is 2. The molecule has 0 aliphatic carbocycles. The van der Waals surface area contributed by atoms with Crippen molar-refractivity contribution in [2.75, 3.05) is 7.11 Å². The molecule has 0 aliphatic rings. The average molecular weight is 206 g/mol. The van der Waals surface area contributed by atoms with Crippen LogP contribution in [0.3, 0.4) is 0 Å². The third-order valence-electron chi connectivity index (χ3n) is 2.36. The maximum Gasteiger partial charge on any atom is 0.316 e. The van der Waals surface area contributed by atoms with Gasteiger partial charge in [-0.05, 0) is 19.4 Å². The first kappa shape index (κ1) is 11.4. The molecule has 3 nitrogen and oxygen atoms in total. The number of Topliss-reactive ketones (excluding diaryl/α,β-unsaturated/α-hetero) is 1. The van der Waals surface area contributed by atoms with Gasteiger partial charge in [0.15, 0.2) is 5.78 Å². The zero-order valence-electron chi connectivity index (χ0n) is 9.11. The van der Waals surface area contributed by atoms with Gasteiger partial charge in [-0.1, -0.05) is 24.3 Å². The van der Waals surface area contributed by atoms with Gasteiger partial charge in [0.1, 0.15) is 5.92 Å². The lowest BCUT2D eigenvalue weighted by atomic mass is 9.96. The van der Waals surface area contributed by atoms with Crippen molar-refractivity contribution in [1.82, 2.24) is 0 Å². The van der Waals surface area contributed by atoms with Crippen LogP contribution in [0.5, 0.6) is 0 Å². The van der Waals surface area contributed by atoms with E-state index in [-0.39, 0.29) is 5.78 Å². The summed E-state index contributed by atoms with van der Waals surface area (Å²) in [6.45, 7) is 3.40. The molecule has 0 aromatic heterocycles. The molecule has 0 aliphatic heterocycles. The molecule has 3 heteroatoms. The van der Waals surface area contributed by atoms with Crippen LogP contribution in [0.1, 0.15) is 22.8 Å². The second-order valence-corrected chi connectivity index (χ2v) is 3.42. The first-order chi connectivity index (χ1) is 7.07. The van der Waals surface area contributed by atoms with Crippen molar-refractivity contribution in [3.8, 4) is 0 Å². The van der Waals surface area contributed by atoms with Crippen LogP contribution in [0.25, 0.3) is 0 Å². The summed E-state index contributed by atoms with van der Waals surface area (Å²) in [5.41, 5.74) is 1.45. The number of esters is 1. The number of hydrogen-bond acceptors (Lipinski definition) is 3. The number of benzene rings is 1. The number of hydrogen-bond donors (Lipinski definition) is 0. The molecule has 1 rings (SSSR count). The van der Waals surface area contributed by atoms with Crippen molar-refractivity contribution < 1.29 is 14.3 Å². The molecule has 0 bridgehead atoms. The van der Waals surface area contributed by atoms with E-state index >= 15 is 0 Å². The van der Waals surface area contributed by atoms with Crippen molar-refractivity contribution in [3.05, 3.63) is 35.4 Å². The highest BCUT2D eigenvalue weighted by Crippen LogP contribution is 2.14. The van der Waals surface area contributed by atoms with Gasteiger partial charge in [-0.25, -0.2) is 0 Å². The Kier molecular flexibility index (Phi) is 3.61. The Morgan fingerprint density at radius 2 is 1.87 bits per heavy atom. The van der Waals surface area contributed by atoms with Crippen molar-refractivity contribution in [3.63, 3.8) is 0 Å². The summed E-state index contributed by atoms with van der Waals surface area (Å²) in [7, 11) is 1.28. The maximum absolute atomic E-state index is 11.9. The van der Waals surface area contributed by atoms with E-state index in [1.54, 1.807) is 19.1 Å². The molecule has 0 fully saturated rings. The van der Waals surface area contributed by atoms with Gasteiger partial charge in [0.25, 0.3) is 0 Å². The number of ether oxygens (including phenoxy) is 1. The SMILES string of the molecule is COC(=O)C(C)C(=O)c1ccccc1C. The van der Waals surface area contributed by atoms with E-state index in [1.165, 1.54) is 7.11 Å². The van der Waals surface area contributed by atoms with E-state index in [2.05, 4.69) is 4.74 Å². The van der Waals surface area contributed by atoms with E-state index in [0.717, 1.165) is 5.56 Å². The normalized spacial score (nSPS) is 11.9. The number of methoxy groups -OCH3 is 1. The van der Waals surface area contributed by atoms with Crippen molar-refractivity contribution >= 4 is 11.8 Å². The summed E-state index contributed by atoms with van der Waals surface area (Å²) >= 11 is 0. The zero-order chi connectivity index (χ0) is 11.4. The van der Waals surface area contributed by atoms with Crippen LogP contribution in [0, 0.1) is 12.8 Å². The Morgan fingerprint density at radius 3 is 2.40 bits per heavy atom. The van der Waals surface area contributed by atoms with Crippen molar-refractivity contribution in [1.29, 1.82) is 0 Å². The highest BCUT2D eigenvalue weighted by Gasteiger charge is 2.24. The third-order valence-corrected chi connectivity index (χ3v) is 2.36. The van der Waals surface area contributed by atoms with Crippen molar-refractivity contribution in [2.45, 2.75) is 13.8 Å². The Bertz CT molecular complexity index is 382. The van der Waals surface area contributed by atoms with Gasteiger partial charge in [0.05, 0.1) is 7.11 Å². The smallest absolute Gasteiger partial charge is 0.316 e. The summed E-state index contributed by atoms with van der Waals surface area (Å²) in [4.78, 5) is 23.1. The van der Waals surface area contributed by atoms with Gasteiger partial charge in [-0.15, -0.1) is 0 Å². The van der Waals surface area contributed by atoms with Gasteiger partial charge in [-0.3, -0.25) is 9.59 Å². The van der Waals surface area contributed by atoms with Crippen LogP contribution in [-0.2, 0) is 9.53 Å². The summed E-state index contributed by atoms with van der Waals surface area (Å²) < 4.78 is 4.53. The molecule has 0 saturated heterocycles. The van der Waals surface area contributed by atoms with E-state index in [1.807, 2.05) is 19.1 Å². The summed E-state index contributed by atoms with van der Waals surface area (Å²) in [5.74, 6) is -1.43. The fraction of sp³-hybridized carbons (Fsp3) is 0.333. The summed E-state index contributed by atoms with van der Waals surface area (Å²) in [6.07, 6.45) is 0. The summed E-state index contributed by atoms with van der Waals surface area (Å²) in [5, 5.41) is 0. The second-order valence-electron chi connectivity index (χ2n) is 3.42. The molecule has 15 heavy (non-hydrogen) atoms. The number of rotatable bonds is 3. The van der Waals surface area contributed by atoms with E-state index in [0.29, 0.717) is 5.56 Å². The quantitative estimate of drug-likeness (QED) is 0.431. The standard InChI is InChI=1S/C12H14O3/c1-8-6-4-5-7-10(8)11(13)9(2)12(14)15-3/h4-7,9H,1-3H3. The van der Waals surface area contributed by atoms with Gasteiger partial charge < -0.3 is 4.74 Å². The van der Waals surface area contributed by atoms with Crippen molar-refractivity contribution in [2.24, 2.45) is 5.92 Å². The van der Waals surface area contributed by atoms with Crippen LogP contribution in [0.2, 0.25) is 0 Å². The van der Waals surface area contributed by atoms with Crippen LogP contribution in [0.4, 0.5) is 0 Å². The zero-order valence-corrected chi connectivity index (χ0v) is 9.11. The molecule has 1 unspecified atom stereocenters. The van der Waals surface area contributed by atoms with E-state index in [9.17, 15) is 9.59 Å². The number of aryl methyl sites for hydroxylation is 1. The first-order valence-corrected chi connectivity index (χ1v) is 4.75. The average Bonchev–Trinajstić information content (AvgIpc) is 2.26. The molecule has 0 radical (unpaired) electrons. The Hall–Kier alpha value is -1.64. The fourth-order valence-electron chi connectivity index (χ4n) is 1.37. The minimum absolute atomic E-state index is 0.194. The lowest BCUT2D eigenvalue weighted by molar-refractivity contribution is -0.143. The van der Waals surface area contributed by atoms with Gasteiger partial charge in [0, 0.05) is 5.56 Å². The molecule has 80 valence electrons. The van der Waals surface area contributed by atoms with E-state index in [4.69, 9.17) is 0 Å². The predicted octanol–water partition coefficient (Wildman–Crippen LogP) is 1.99. The lowest BCUT2D eigenvalue weighted by Crippen LogP contribution is -2.22. The fourth-order valence-corrected chi connectivity index (χ4v) is 1.37. The Balaban J connectivity index is 2.95. The third kappa shape index (κ3) is 2.43. The molecular weight excluding hydrogens is 192 g/mol. The van der Waals surface area contributed by atoms with Crippen LogP contribution in [0.15, 0.2) is 24.3 Å². The first-order valence-electron chi connectivity index (χ1n) is 4.75. The molecule has 1 atom stereocenters. The van der Waals surface area contributed by atoms with Gasteiger partial charge >= 0.3 is 5.97 Å². The number of ketones is 1. The van der Waals surface area contributed by atoms with Crippen LogP contribution in [-0.4, -0.2) is 18.9 Å². The number of carbonyl (C=O) groups excluding carboxylic acids is 2. The Labute approximate surface area is 89.1 Å². The molecular formula is C12H14O3. The summed E-state index contributed by atoms with van der Waals surface area (Å²) in [6, 6.07) is 7.20. The molecule has 0 saturated carbocycles. The minimum Gasteiger partial charge on any atom is -0.468 e. The predicted molar refractivity (Wildman–Crippen MR) is 56.7 cm³/mol. The molecule has 1 aromatic rings. The molecule has 1 aromatic carbocycles. The van der Waals surface area contributed by atoms with Gasteiger partial charge in [-0.2, -0.15) is 0 Å². The van der Waals surface area contributed by atoms with E-state index < -0.39 is 11.9 Å².